The summed E-state index contributed by atoms with van der Waals surface area (Å²) in [5.41, 5.74) is -0.373. The molecule has 0 saturated carbocycles. The molecule has 1 aromatic carbocycles. The van der Waals surface area contributed by atoms with Gasteiger partial charge in [0.05, 0.1) is 33.3 Å². The van der Waals surface area contributed by atoms with Gasteiger partial charge in [-0.2, -0.15) is 8.78 Å². The topological polar surface area (TPSA) is 67.9 Å². The van der Waals surface area contributed by atoms with Gasteiger partial charge >= 0.3 is 0 Å². The number of rotatable bonds is 6. The van der Waals surface area contributed by atoms with E-state index in [0.717, 1.165) is 11.0 Å². The van der Waals surface area contributed by atoms with E-state index in [-0.39, 0.29) is 5.75 Å². The number of fused-ring (bicyclic) bond motifs is 1. The molecule has 5 nitrogen and oxygen atoms in total. The van der Waals surface area contributed by atoms with E-state index in [2.05, 4.69) is 15.0 Å². The number of ether oxygens (including phenoxy) is 1. The number of pyridine rings is 1. The molecule has 2 aromatic heterocycles. The quantitative estimate of drug-likeness (QED) is 0.663. The summed E-state index contributed by atoms with van der Waals surface area (Å²) < 4.78 is 43.6. The number of nitrogens with one attached hydrogen (secondary N) is 1. The third-order valence-corrected chi connectivity index (χ3v) is 4.86. The highest BCUT2D eigenvalue weighted by Gasteiger charge is 2.23. The minimum Gasteiger partial charge on any atom is -0.487 e. The van der Waals surface area contributed by atoms with Crippen LogP contribution in [0.1, 0.15) is 11.3 Å². The van der Waals surface area contributed by atoms with E-state index >= 15 is 0 Å². The maximum absolute atomic E-state index is 12.9. The van der Waals surface area contributed by atoms with Gasteiger partial charge in [-0.25, -0.2) is 4.98 Å². The minimum absolute atomic E-state index is 0.111. The number of para-hydroxylation sites is 2. The molecular formula is C16H16F2N3O2PS. The second kappa shape index (κ2) is 7.14. The zero-order valence-corrected chi connectivity index (χ0v) is 15.3. The van der Waals surface area contributed by atoms with Crippen LogP contribution in [-0.2, 0) is 16.6 Å². The lowest BCUT2D eigenvalue weighted by Gasteiger charge is -2.14. The highest BCUT2D eigenvalue weighted by Crippen LogP contribution is 2.26. The summed E-state index contributed by atoms with van der Waals surface area (Å²) in [6.45, 7) is 0.947. The van der Waals surface area contributed by atoms with Crippen LogP contribution in [0.4, 0.5) is 8.78 Å². The number of halogens is 2. The highest BCUT2D eigenvalue weighted by molar-refractivity contribution is 7.84. The number of benzene rings is 1. The average molecular weight is 383 g/mol. The fourth-order valence-electron chi connectivity index (χ4n) is 2.26. The lowest BCUT2D eigenvalue weighted by molar-refractivity contribution is 0.0458. The summed E-state index contributed by atoms with van der Waals surface area (Å²) in [6.07, 6.45) is 1.45. The molecule has 0 aliphatic heterocycles. The molecule has 1 N–H and O–H groups in total. The van der Waals surface area contributed by atoms with Crippen molar-refractivity contribution in [2.24, 2.45) is 0 Å². The van der Waals surface area contributed by atoms with Crippen molar-refractivity contribution in [3.8, 4) is 5.75 Å². The molecule has 132 valence electrons. The van der Waals surface area contributed by atoms with Crippen LogP contribution in [0.3, 0.4) is 0 Å². The first-order chi connectivity index (χ1) is 11.8. The number of nitrogens with zero attached hydrogens (tertiary/aromatic N) is 2. The molecule has 3 rings (SSSR count). The van der Waals surface area contributed by atoms with Crippen molar-refractivity contribution in [3.63, 3.8) is 0 Å². The fourth-order valence-corrected chi connectivity index (χ4v) is 3.45. The molecule has 25 heavy (non-hydrogen) atoms. The summed E-state index contributed by atoms with van der Waals surface area (Å²) in [5, 5.41) is 0.352. The first-order valence-corrected chi connectivity index (χ1v) is 9.30. The molecule has 0 bridgehead atoms. The zero-order valence-electron chi connectivity index (χ0n) is 13.3. The predicted octanol–water partition coefficient (Wildman–Crippen LogP) is 3.42. The van der Waals surface area contributed by atoms with Gasteiger partial charge in [0.25, 0.3) is 5.66 Å². The normalized spacial score (nSPS) is 13.1. The van der Waals surface area contributed by atoms with Crippen LogP contribution in [0, 0.1) is 6.92 Å². The molecule has 0 saturated heterocycles. The summed E-state index contributed by atoms with van der Waals surface area (Å²) >= 11 is 0. The Morgan fingerprint density at radius 2 is 2.08 bits per heavy atom. The molecule has 0 spiro atoms. The molecule has 0 fully saturated rings. The number of hydrogen-bond donors (Lipinski definition) is 1. The van der Waals surface area contributed by atoms with Gasteiger partial charge in [-0.05, 0) is 25.1 Å². The lowest BCUT2D eigenvalue weighted by atomic mass is 10.2. The van der Waals surface area contributed by atoms with E-state index in [1.54, 1.807) is 6.92 Å². The third kappa shape index (κ3) is 4.38. The van der Waals surface area contributed by atoms with Crippen LogP contribution >= 0.6 is 9.24 Å². The Morgan fingerprint density at radius 3 is 2.80 bits per heavy atom. The van der Waals surface area contributed by atoms with E-state index in [4.69, 9.17) is 4.74 Å². The number of imidazole rings is 1. The van der Waals surface area contributed by atoms with Crippen LogP contribution in [0.25, 0.3) is 11.0 Å². The molecule has 0 aliphatic rings. The summed E-state index contributed by atoms with van der Waals surface area (Å²) in [7, 11) is -0.0113. The van der Waals surface area contributed by atoms with Gasteiger partial charge in [-0.15, -0.1) is 0 Å². The third-order valence-electron chi connectivity index (χ3n) is 3.53. The van der Waals surface area contributed by atoms with Crippen LogP contribution in [0.2, 0.25) is 0 Å². The number of hydrogen-bond acceptors (Lipinski definition) is 4. The molecule has 9 heteroatoms. The maximum Gasteiger partial charge on any atom is 0.291 e. The predicted molar refractivity (Wildman–Crippen MR) is 95.3 cm³/mol. The van der Waals surface area contributed by atoms with Crippen molar-refractivity contribution in [3.05, 3.63) is 47.8 Å². The number of aromatic nitrogens is 3. The maximum atomic E-state index is 12.9. The largest absolute Gasteiger partial charge is 0.487 e. The van der Waals surface area contributed by atoms with Gasteiger partial charge in [0.15, 0.2) is 11.8 Å². The first-order valence-electron chi connectivity index (χ1n) is 7.40. The summed E-state index contributed by atoms with van der Waals surface area (Å²) in [4.78, 5) is 11.5. The van der Waals surface area contributed by atoms with Gasteiger partial charge in [0, 0.05) is 11.8 Å². The van der Waals surface area contributed by atoms with Crippen LogP contribution in [0.5, 0.6) is 5.75 Å². The second-order valence-corrected chi connectivity index (χ2v) is 7.69. The lowest BCUT2D eigenvalue weighted by Crippen LogP contribution is -2.18. The Hall–Kier alpha value is -1.92. The first kappa shape index (κ1) is 17.9. The highest BCUT2D eigenvalue weighted by atomic mass is 32.2. The van der Waals surface area contributed by atoms with Crippen molar-refractivity contribution in [1.82, 2.24) is 15.0 Å². The van der Waals surface area contributed by atoms with Crippen molar-refractivity contribution >= 4 is 31.1 Å². The Kier molecular flexibility index (Phi) is 5.11. The Labute approximate surface area is 147 Å². The van der Waals surface area contributed by atoms with Crippen LogP contribution in [-0.4, -0.2) is 31.4 Å². The van der Waals surface area contributed by atoms with Gasteiger partial charge in [0.1, 0.15) is 5.75 Å². The molecule has 2 heterocycles. The standard InChI is InChI=1S/C16H16F2N3O2PS/c1-10-13(19-7-6-14(10)23-9-16(17,18)24)8-25(22)15-20-11-4-2-3-5-12(11)21-15/h2-7H,8-9,24H2,1H3,(H,20,21). The van der Waals surface area contributed by atoms with Crippen molar-refractivity contribution in [2.45, 2.75) is 23.5 Å². The van der Waals surface area contributed by atoms with Crippen molar-refractivity contribution in [2.75, 3.05) is 6.61 Å². The van der Waals surface area contributed by atoms with E-state index in [9.17, 15) is 13.0 Å². The van der Waals surface area contributed by atoms with Crippen molar-refractivity contribution < 1.29 is 17.7 Å². The summed E-state index contributed by atoms with van der Waals surface area (Å²) in [5.74, 6) is 0.411. The van der Waals surface area contributed by atoms with Gasteiger partial charge in [-0.3, -0.25) is 9.19 Å². The SMILES string of the molecule is Cc1c(OCC(F)(F)P)ccnc1CS(=O)c1nc2ccccc2[nH]1. The van der Waals surface area contributed by atoms with Crippen LogP contribution in [0.15, 0.2) is 41.7 Å². The number of H-pyrrole nitrogens is 1. The summed E-state index contributed by atoms with van der Waals surface area (Å²) in [6, 6.07) is 8.91. The monoisotopic (exact) mass is 383 g/mol. The Balaban J connectivity index is 1.79. The van der Waals surface area contributed by atoms with Crippen LogP contribution < -0.4 is 4.74 Å². The molecule has 0 radical (unpaired) electrons. The van der Waals surface area contributed by atoms with Gasteiger partial charge in [0.2, 0.25) is 0 Å². The number of aromatic amines is 1. The Morgan fingerprint density at radius 1 is 1.32 bits per heavy atom. The fraction of sp³-hybridized carbons (Fsp3) is 0.250. The van der Waals surface area contributed by atoms with E-state index in [0.29, 0.717) is 22.2 Å². The smallest absolute Gasteiger partial charge is 0.291 e. The molecular weight excluding hydrogens is 367 g/mol. The molecule has 0 aliphatic carbocycles. The minimum atomic E-state index is -3.01. The average Bonchev–Trinajstić information content (AvgIpc) is 2.99. The molecule has 2 unspecified atom stereocenters. The van der Waals surface area contributed by atoms with Gasteiger partial charge in [-0.1, -0.05) is 21.4 Å². The van der Waals surface area contributed by atoms with Crippen molar-refractivity contribution in [1.29, 1.82) is 0 Å². The van der Waals surface area contributed by atoms with E-state index < -0.39 is 23.1 Å². The second-order valence-electron chi connectivity index (χ2n) is 5.48. The number of alkyl halides is 2. The molecule has 0 amide bonds. The van der Waals surface area contributed by atoms with Gasteiger partial charge < -0.3 is 9.72 Å². The Bertz CT molecular complexity index is 894. The van der Waals surface area contributed by atoms with E-state index in [1.807, 2.05) is 24.3 Å². The molecule has 3 aromatic rings. The molecule has 2 atom stereocenters. The zero-order chi connectivity index (χ0) is 18.0. The van der Waals surface area contributed by atoms with E-state index in [1.165, 1.54) is 21.5 Å².